The van der Waals surface area contributed by atoms with Crippen LogP contribution in [-0.4, -0.2) is 17.6 Å². The highest BCUT2D eigenvalue weighted by Gasteiger charge is 2.44. The lowest BCUT2D eigenvalue weighted by atomic mass is 9.83. The lowest BCUT2D eigenvalue weighted by Gasteiger charge is -2.29. The zero-order valence-electron chi connectivity index (χ0n) is 14.8. The third kappa shape index (κ3) is 2.95. The van der Waals surface area contributed by atoms with Gasteiger partial charge in [-0.1, -0.05) is 37.1 Å². The maximum atomic E-state index is 13.1. The number of rotatable bonds is 5. The Kier molecular flexibility index (Phi) is 4.37. The van der Waals surface area contributed by atoms with Gasteiger partial charge >= 0.3 is 0 Å². The number of benzene rings is 1. The first kappa shape index (κ1) is 17.3. The number of nitrogens with one attached hydrogen (secondary N) is 1. The topological polar surface area (TPSA) is 62.5 Å². The standard InChI is InChI=1S/C21H23NO3S/c1-20(24,17-13-15-7-2-3-8-16(15)25-17)14-22-19(23)21(10-4-5-11-21)18-9-6-12-26-18/h2-3,6-9,12-13,24H,4-5,10-11,14H2,1H3,(H,22,23). The van der Waals surface area contributed by atoms with Crippen LogP contribution in [0.1, 0.15) is 43.2 Å². The Hall–Kier alpha value is -2.11. The summed E-state index contributed by atoms with van der Waals surface area (Å²) in [6, 6.07) is 13.5. The maximum absolute atomic E-state index is 13.1. The molecule has 4 rings (SSSR count). The number of aliphatic hydroxyl groups is 1. The van der Waals surface area contributed by atoms with Gasteiger partial charge in [-0.2, -0.15) is 0 Å². The Bertz CT molecular complexity index is 871. The van der Waals surface area contributed by atoms with E-state index < -0.39 is 11.0 Å². The molecule has 1 amide bonds. The summed E-state index contributed by atoms with van der Waals surface area (Å²) in [5, 5.41) is 16.8. The van der Waals surface area contributed by atoms with E-state index >= 15 is 0 Å². The Morgan fingerprint density at radius 2 is 2.04 bits per heavy atom. The third-order valence-corrected chi connectivity index (χ3v) is 6.51. The molecule has 26 heavy (non-hydrogen) atoms. The summed E-state index contributed by atoms with van der Waals surface area (Å²) in [5.41, 5.74) is -0.970. The molecule has 0 bridgehead atoms. The molecule has 1 atom stereocenters. The van der Waals surface area contributed by atoms with Gasteiger partial charge in [0.1, 0.15) is 16.9 Å². The predicted octanol–water partition coefficient (Wildman–Crippen LogP) is 4.33. The number of hydrogen-bond donors (Lipinski definition) is 2. The van der Waals surface area contributed by atoms with Crippen molar-refractivity contribution < 1.29 is 14.3 Å². The largest absolute Gasteiger partial charge is 0.458 e. The Balaban J connectivity index is 1.52. The summed E-state index contributed by atoms with van der Waals surface area (Å²) in [5.74, 6) is 0.476. The van der Waals surface area contributed by atoms with Crippen molar-refractivity contribution in [3.8, 4) is 0 Å². The summed E-state index contributed by atoms with van der Waals surface area (Å²) in [4.78, 5) is 14.2. The number of fused-ring (bicyclic) bond motifs is 1. The minimum atomic E-state index is -1.26. The van der Waals surface area contributed by atoms with Gasteiger partial charge in [0, 0.05) is 10.3 Å². The third-order valence-electron chi connectivity index (χ3n) is 5.43. The van der Waals surface area contributed by atoms with Crippen LogP contribution in [0, 0.1) is 0 Å². The number of thiophene rings is 1. The minimum absolute atomic E-state index is 0.00818. The molecule has 0 aliphatic heterocycles. The van der Waals surface area contributed by atoms with Gasteiger partial charge in [0.25, 0.3) is 0 Å². The van der Waals surface area contributed by atoms with Crippen molar-refractivity contribution in [3.05, 3.63) is 58.5 Å². The molecular weight excluding hydrogens is 346 g/mol. The average Bonchev–Trinajstić information content (AvgIpc) is 3.39. The van der Waals surface area contributed by atoms with Crippen molar-refractivity contribution in [3.63, 3.8) is 0 Å². The van der Waals surface area contributed by atoms with E-state index in [2.05, 4.69) is 5.32 Å². The van der Waals surface area contributed by atoms with Gasteiger partial charge in [-0.05, 0) is 43.3 Å². The first-order chi connectivity index (χ1) is 12.5. The number of carbonyl (C=O) groups is 1. The molecule has 4 nitrogen and oxygen atoms in total. The van der Waals surface area contributed by atoms with Gasteiger partial charge in [-0.3, -0.25) is 4.79 Å². The van der Waals surface area contributed by atoms with Crippen molar-refractivity contribution in [2.45, 2.75) is 43.6 Å². The fourth-order valence-electron chi connectivity index (χ4n) is 3.87. The number of carbonyl (C=O) groups excluding carboxylic acids is 1. The molecular formula is C21H23NO3S. The van der Waals surface area contributed by atoms with E-state index in [4.69, 9.17) is 4.42 Å². The SMILES string of the molecule is CC(O)(CNC(=O)C1(c2cccs2)CCCC1)c1cc2ccccc2o1. The van der Waals surface area contributed by atoms with Crippen LogP contribution in [0.15, 0.2) is 52.3 Å². The lowest BCUT2D eigenvalue weighted by molar-refractivity contribution is -0.127. The second-order valence-electron chi connectivity index (χ2n) is 7.37. The highest BCUT2D eigenvalue weighted by atomic mass is 32.1. The average molecular weight is 369 g/mol. The van der Waals surface area contributed by atoms with Crippen molar-refractivity contribution >= 4 is 28.2 Å². The van der Waals surface area contributed by atoms with Crippen molar-refractivity contribution in [2.24, 2.45) is 0 Å². The van der Waals surface area contributed by atoms with Crippen LogP contribution in [0.5, 0.6) is 0 Å². The van der Waals surface area contributed by atoms with Crippen LogP contribution in [-0.2, 0) is 15.8 Å². The Morgan fingerprint density at radius 1 is 1.27 bits per heavy atom. The monoisotopic (exact) mass is 369 g/mol. The fraction of sp³-hybridized carbons (Fsp3) is 0.381. The molecule has 1 aliphatic carbocycles. The van der Waals surface area contributed by atoms with Crippen LogP contribution in [0.4, 0.5) is 0 Å². The number of hydrogen-bond acceptors (Lipinski definition) is 4. The highest BCUT2D eigenvalue weighted by molar-refractivity contribution is 7.10. The van der Waals surface area contributed by atoms with E-state index in [0.29, 0.717) is 5.76 Å². The van der Waals surface area contributed by atoms with Crippen LogP contribution < -0.4 is 5.32 Å². The number of amides is 1. The summed E-state index contributed by atoms with van der Waals surface area (Å²) in [7, 11) is 0. The van der Waals surface area contributed by atoms with Crippen LogP contribution in [0.25, 0.3) is 11.0 Å². The second-order valence-corrected chi connectivity index (χ2v) is 8.32. The molecule has 1 saturated carbocycles. The number of para-hydroxylation sites is 1. The molecule has 2 heterocycles. The quantitative estimate of drug-likeness (QED) is 0.704. The first-order valence-electron chi connectivity index (χ1n) is 9.05. The lowest BCUT2D eigenvalue weighted by Crippen LogP contribution is -2.47. The van der Waals surface area contributed by atoms with Gasteiger partial charge < -0.3 is 14.8 Å². The van der Waals surface area contributed by atoms with E-state index in [0.717, 1.165) is 41.5 Å². The summed E-state index contributed by atoms with van der Waals surface area (Å²) in [6.45, 7) is 1.80. The molecule has 1 aliphatic rings. The van der Waals surface area contributed by atoms with Crippen LogP contribution in [0.2, 0.25) is 0 Å². The van der Waals surface area contributed by atoms with Crippen molar-refractivity contribution in [1.82, 2.24) is 5.32 Å². The summed E-state index contributed by atoms with van der Waals surface area (Å²) in [6.07, 6.45) is 3.86. The zero-order chi connectivity index (χ0) is 18.2. The van der Waals surface area contributed by atoms with Gasteiger partial charge in [0.15, 0.2) is 0 Å². The molecule has 2 aromatic heterocycles. The molecule has 1 fully saturated rings. The highest BCUT2D eigenvalue weighted by Crippen LogP contribution is 2.43. The van der Waals surface area contributed by atoms with Gasteiger partial charge in [-0.15, -0.1) is 11.3 Å². The first-order valence-corrected chi connectivity index (χ1v) is 9.93. The van der Waals surface area contributed by atoms with Crippen LogP contribution in [0.3, 0.4) is 0 Å². The smallest absolute Gasteiger partial charge is 0.231 e. The van der Waals surface area contributed by atoms with E-state index in [9.17, 15) is 9.90 Å². The Morgan fingerprint density at radius 3 is 2.73 bits per heavy atom. The summed E-state index contributed by atoms with van der Waals surface area (Å²) < 4.78 is 5.79. The molecule has 2 N–H and O–H groups in total. The minimum Gasteiger partial charge on any atom is -0.458 e. The normalized spacial score (nSPS) is 18.7. The number of furan rings is 1. The Labute approximate surface area is 156 Å². The van der Waals surface area contributed by atoms with E-state index in [-0.39, 0.29) is 12.5 Å². The molecule has 0 radical (unpaired) electrons. The molecule has 1 unspecified atom stereocenters. The van der Waals surface area contributed by atoms with E-state index in [1.165, 1.54) is 0 Å². The van der Waals surface area contributed by atoms with E-state index in [1.807, 2.05) is 47.8 Å². The molecule has 3 aromatic rings. The molecule has 0 spiro atoms. The fourth-order valence-corrected chi connectivity index (χ4v) is 4.85. The summed E-state index contributed by atoms with van der Waals surface area (Å²) >= 11 is 1.64. The molecule has 1 aromatic carbocycles. The van der Waals surface area contributed by atoms with E-state index in [1.54, 1.807) is 18.3 Å². The molecule has 5 heteroatoms. The predicted molar refractivity (Wildman–Crippen MR) is 103 cm³/mol. The molecule has 136 valence electrons. The molecule has 0 saturated heterocycles. The van der Waals surface area contributed by atoms with Gasteiger partial charge in [0.2, 0.25) is 5.91 Å². The van der Waals surface area contributed by atoms with Gasteiger partial charge in [-0.25, -0.2) is 0 Å². The van der Waals surface area contributed by atoms with Gasteiger partial charge in [0.05, 0.1) is 12.0 Å². The maximum Gasteiger partial charge on any atom is 0.231 e. The zero-order valence-corrected chi connectivity index (χ0v) is 15.6. The van der Waals surface area contributed by atoms with Crippen molar-refractivity contribution in [2.75, 3.05) is 6.54 Å². The van der Waals surface area contributed by atoms with Crippen molar-refractivity contribution in [1.29, 1.82) is 0 Å². The van der Waals surface area contributed by atoms with Crippen LogP contribution >= 0.6 is 11.3 Å². The second kappa shape index (κ2) is 6.56.